The smallest absolute Gasteiger partial charge is 0.329 e. The van der Waals surface area contributed by atoms with E-state index >= 15 is 0 Å². The average molecular weight is 237 g/mol. The average Bonchev–Trinajstić information content (AvgIpc) is 2.24. The number of carbonyl (C=O) groups is 2. The summed E-state index contributed by atoms with van der Waals surface area (Å²) in [5.41, 5.74) is -0.548. The Hall–Kier alpha value is -1.58. The standard InChI is InChI=1S/C13H19NO3/c1-13(2,3)17-12(16)11(14-9-15)10-7-5-4-6-8-10/h4-7,9-11H,8H2,1-3H3,(H,14,15)/t10?,11-/m0/s1. The van der Waals surface area contributed by atoms with Crippen molar-refractivity contribution in [1.82, 2.24) is 5.32 Å². The van der Waals surface area contributed by atoms with Gasteiger partial charge in [0.2, 0.25) is 6.41 Å². The molecule has 4 heteroatoms. The molecule has 0 fully saturated rings. The number of amides is 1. The highest BCUT2D eigenvalue weighted by Gasteiger charge is 2.30. The summed E-state index contributed by atoms with van der Waals surface area (Å²) in [7, 11) is 0. The molecule has 1 rings (SSSR count). The highest BCUT2D eigenvalue weighted by atomic mass is 16.6. The van der Waals surface area contributed by atoms with Crippen LogP contribution in [0.25, 0.3) is 0 Å². The lowest BCUT2D eigenvalue weighted by molar-refractivity contribution is -0.159. The Balaban J connectivity index is 2.71. The minimum Gasteiger partial charge on any atom is -0.458 e. The van der Waals surface area contributed by atoms with Crippen LogP contribution in [-0.4, -0.2) is 24.0 Å². The minimum atomic E-state index is -0.618. The summed E-state index contributed by atoms with van der Waals surface area (Å²) < 4.78 is 5.29. The summed E-state index contributed by atoms with van der Waals surface area (Å²) >= 11 is 0. The minimum absolute atomic E-state index is 0.0416. The van der Waals surface area contributed by atoms with Crippen LogP contribution in [0.4, 0.5) is 0 Å². The van der Waals surface area contributed by atoms with Gasteiger partial charge in [-0.2, -0.15) is 0 Å². The van der Waals surface area contributed by atoms with Crippen LogP contribution in [0.1, 0.15) is 27.2 Å². The zero-order chi connectivity index (χ0) is 12.9. The number of nitrogens with one attached hydrogen (secondary N) is 1. The molecular formula is C13H19NO3. The second kappa shape index (κ2) is 5.66. The molecule has 0 aromatic heterocycles. The van der Waals surface area contributed by atoms with Crippen LogP contribution in [0.5, 0.6) is 0 Å². The Morgan fingerprint density at radius 2 is 2.18 bits per heavy atom. The molecule has 0 aromatic carbocycles. The van der Waals surface area contributed by atoms with Crippen LogP contribution in [0.2, 0.25) is 0 Å². The number of carbonyl (C=O) groups excluding carboxylic acids is 2. The third kappa shape index (κ3) is 4.43. The lowest BCUT2D eigenvalue weighted by Gasteiger charge is -2.27. The Morgan fingerprint density at radius 1 is 1.47 bits per heavy atom. The molecule has 0 spiro atoms. The molecule has 0 bridgehead atoms. The SMILES string of the molecule is CC(C)(C)OC(=O)[C@@H](NC=O)C1C=CC=CC1. The van der Waals surface area contributed by atoms with Crippen LogP contribution in [-0.2, 0) is 14.3 Å². The lowest BCUT2D eigenvalue weighted by atomic mass is 9.92. The fraction of sp³-hybridized carbons (Fsp3) is 0.538. The maximum atomic E-state index is 11.9. The van der Waals surface area contributed by atoms with Gasteiger partial charge in [-0.25, -0.2) is 4.79 Å². The van der Waals surface area contributed by atoms with E-state index in [1.807, 2.05) is 24.3 Å². The summed E-state index contributed by atoms with van der Waals surface area (Å²) in [6, 6.07) is -0.618. The molecule has 0 saturated heterocycles. The van der Waals surface area contributed by atoms with E-state index in [1.54, 1.807) is 20.8 Å². The third-order valence-electron chi connectivity index (χ3n) is 2.35. The largest absolute Gasteiger partial charge is 0.458 e. The normalized spacial score (nSPS) is 20.8. The van der Waals surface area contributed by atoms with Gasteiger partial charge >= 0.3 is 5.97 Å². The first-order chi connectivity index (χ1) is 7.94. The van der Waals surface area contributed by atoms with Gasteiger partial charge in [0.1, 0.15) is 11.6 Å². The second-order valence-corrected chi connectivity index (χ2v) is 5.01. The Morgan fingerprint density at radius 3 is 2.65 bits per heavy atom. The predicted octanol–water partition coefficient (Wildman–Crippen LogP) is 1.57. The van der Waals surface area contributed by atoms with Crippen LogP contribution in [0.15, 0.2) is 24.3 Å². The predicted molar refractivity (Wildman–Crippen MR) is 65.2 cm³/mol. The van der Waals surface area contributed by atoms with Gasteiger partial charge < -0.3 is 10.1 Å². The molecule has 0 aliphatic heterocycles. The van der Waals surface area contributed by atoms with E-state index in [1.165, 1.54) is 0 Å². The number of ether oxygens (including phenoxy) is 1. The van der Waals surface area contributed by atoms with Crippen molar-refractivity contribution >= 4 is 12.4 Å². The Labute approximate surface area is 102 Å². The fourth-order valence-electron chi connectivity index (χ4n) is 1.65. The van der Waals surface area contributed by atoms with Crippen LogP contribution in [0.3, 0.4) is 0 Å². The molecule has 0 saturated carbocycles. The van der Waals surface area contributed by atoms with Gasteiger partial charge in [0.15, 0.2) is 0 Å². The van der Waals surface area contributed by atoms with Gasteiger partial charge in [0.25, 0.3) is 0 Å². The fourth-order valence-corrected chi connectivity index (χ4v) is 1.65. The van der Waals surface area contributed by atoms with Crippen molar-refractivity contribution in [3.63, 3.8) is 0 Å². The summed E-state index contributed by atoms with van der Waals surface area (Å²) in [5, 5.41) is 2.53. The van der Waals surface area contributed by atoms with Gasteiger partial charge in [0, 0.05) is 5.92 Å². The van der Waals surface area contributed by atoms with Crippen molar-refractivity contribution in [2.75, 3.05) is 0 Å². The first-order valence-corrected chi connectivity index (χ1v) is 5.70. The molecule has 4 nitrogen and oxygen atoms in total. The molecule has 1 amide bonds. The zero-order valence-corrected chi connectivity index (χ0v) is 10.5. The molecule has 2 atom stereocenters. The van der Waals surface area contributed by atoms with Crippen molar-refractivity contribution < 1.29 is 14.3 Å². The zero-order valence-electron chi connectivity index (χ0n) is 10.5. The van der Waals surface area contributed by atoms with Gasteiger partial charge in [-0.1, -0.05) is 24.3 Å². The quantitative estimate of drug-likeness (QED) is 0.596. The van der Waals surface area contributed by atoms with Crippen LogP contribution < -0.4 is 5.32 Å². The summed E-state index contributed by atoms with van der Waals surface area (Å²) in [5.74, 6) is -0.436. The number of esters is 1. The molecule has 94 valence electrons. The Bertz CT molecular complexity index is 339. The molecule has 0 heterocycles. The molecule has 0 aromatic rings. The maximum Gasteiger partial charge on any atom is 0.329 e. The van der Waals surface area contributed by atoms with E-state index in [4.69, 9.17) is 4.74 Å². The first kappa shape index (κ1) is 13.5. The summed E-state index contributed by atoms with van der Waals surface area (Å²) in [4.78, 5) is 22.5. The number of hydrogen-bond acceptors (Lipinski definition) is 3. The topological polar surface area (TPSA) is 55.4 Å². The molecule has 1 aliphatic carbocycles. The van der Waals surface area contributed by atoms with E-state index in [2.05, 4.69) is 5.32 Å². The number of allylic oxidation sites excluding steroid dienone is 3. The number of hydrogen-bond donors (Lipinski definition) is 1. The van der Waals surface area contributed by atoms with E-state index in [0.29, 0.717) is 6.41 Å². The van der Waals surface area contributed by atoms with E-state index in [-0.39, 0.29) is 5.92 Å². The van der Waals surface area contributed by atoms with Crippen molar-refractivity contribution in [2.24, 2.45) is 5.92 Å². The summed E-state index contributed by atoms with van der Waals surface area (Å²) in [6.45, 7) is 5.42. The molecule has 1 aliphatic rings. The number of rotatable bonds is 4. The second-order valence-electron chi connectivity index (χ2n) is 5.01. The van der Waals surface area contributed by atoms with E-state index in [9.17, 15) is 9.59 Å². The molecule has 1 N–H and O–H groups in total. The van der Waals surface area contributed by atoms with Gasteiger partial charge in [-0.05, 0) is 27.2 Å². The molecule has 0 radical (unpaired) electrons. The van der Waals surface area contributed by atoms with Crippen molar-refractivity contribution in [3.8, 4) is 0 Å². The maximum absolute atomic E-state index is 11.9. The highest BCUT2D eigenvalue weighted by molar-refractivity contribution is 5.79. The molecule has 17 heavy (non-hydrogen) atoms. The first-order valence-electron chi connectivity index (χ1n) is 5.70. The van der Waals surface area contributed by atoms with Crippen molar-refractivity contribution in [3.05, 3.63) is 24.3 Å². The van der Waals surface area contributed by atoms with Crippen molar-refractivity contribution in [2.45, 2.75) is 38.8 Å². The van der Waals surface area contributed by atoms with Gasteiger partial charge in [-0.3, -0.25) is 4.79 Å². The monoisotopic (exact) mass is 237 g/mol. The third-order valence-corrected chi connectivity index (χ3v) is 2.35. The van der Waals surface area contributed by atoms with E-state index in [0.717, 1.165) is 6.42 Å². The molecule has 1 unspecified atom stereocenters. The van der Waals surface area contributed by atoms with E-state index < -0.39 is 17.6 Å². The van der Waals surface area contributed by atoms with Gasteiger partial charge in [-0.15, -0.1) is 0 Å². The lowest BCUT2D eigenvalue weighted by Crippen LogP contribution is -2.45. The summed E-state index contributed by atoms with van der Waals surface area (Å²) in [6.07, 6.45) is 8.93. The molecular weight excluding hydrogens is 218 g/mol. The van der Waals surface area contributed by atoms with Crippen LogP contribution >= 0.6 is 0 Å². The van der Waals surface area contributed by atoms with Crippen LogP contribution in [0, 0.1) is 5.92 Å². The van der Waals surface area contributed by atoms with Crippen molar-refractivity contribution in [1.29, 1.82) is 0 Å². The van der Waals surface area contributed by atoms with Gasteiger partial charge in [0.05, 0.1) is 0 Å². The highest BCUT2D eigenvalue weighted by Crippen LogP contribution is 2.19. The Kier molecular flexibility index (Phi) is 4.49.